The van der Waals surface area contributed by atoms with Crippen molar-refractivity contribution < 1.29 is 24.1 Å². The summed E-state index contributed by atoms with van der Waals surface area (Å²) < 4.78 is 22.4. The Hall–Kier alpha value is -1.18. The molecule has 0 aromatic heterocycles. The maximum absolute atomic E-state index is 10.2. The van der Waals surface area contributed by atoms with Crippen molar-refractivity contribution in [2.45, 2.75) is 50.6 Å². The maximum Gasteiger partial charge on any atom is 0.147 e. The van der Waals surface area contributed by atoms with Gasteiger partial charge in [0.25, 0.3) is 0 Å². The lowest BCUT2D eigenvalue weighted by Crippen LogP contribution is -2.61. The molecule has 1 N–H and O–H groups in total. The van der Waals surface area contributed by atoms with E-state index < -0.39 is 14.2 Å². The number of aliphatic hydroxyl groups excluding tert-OH is 1. The van der Waals surface area contributed by atoms with E-state index in [4.69, 9.17) is 18.9 Å². The Morgan fingerprint density at radius 1 is 1.12 bits per heavy atom. The van der Waals surface area contributed by atoms with Gasteiger partial charge < -0.3 is 24.1 Å². The van der Waals surface area contributed by atoms with Crippen LogP contribution in [0.15, 0.2) is 36.9 Å². The molecule has 0 saturated heterocycles. The molecular formula is C20H32O5Si. The van der Waals surface area contributed by atoms with Gasteiger partial charge in [-0.15, -0.1) is 6.58 Å². The Balaban J connectivity index is 1.79. The summed E-state index contributed by atoms with van der Waals surface area (Å²) in [6.45, 7) is 12.0. The summed E-state index contributed by atoms with van der Waals surface area (Å²) in [5.74, 6) is 0.689. The number of hydrogen-bond acceptors (Lipinski definition) is 5. The minimum Gasteiger partial charge on any atom is -0.497 e. The molecule has 0 amide bonds. The van der Waals surface area contributed by atoms with Crippen LogP contribution in [0.2, 0.25) is 25.7 Å². The number of hydrogen-bond donors (Lipinski definition) is 1. The second-order valence-corrected chi connectivity index (χ2v) is 13.5. The fraction of sp³-hybridized carbons (Fsp3) is 0.600. The van der Waals surface area contributed by atoms with Crippen molar-refractivity contribution in [2.24, 2.45) is 5.92 Å². The molecule has 0 radical (unpaired) electrons. The zero-order valence-corrected chi connectivity index (χ0v) is 17.3. The zero-order valence-electron chi connectivity index (χ0n) is 16.3. The number of methoxy groups -OCH3 is 1. The van der Waals surface area contributed by atoms with Gasteiger partial charge in [-0.2, -0.15) is 0 Å². The van der Waals surface area contributed by atoms with E-state index in [1.54, 1.807) is 13.2 Å². The Labute approximate surface area is 157 Å². The van der Waals surface area contributed by atoms with Gasteiger partial charge in [-0.3, -0.25) is 0 Å². The second-order valence-electron chi connectivity index (χ2n) is 7.90. The van der Waals surface area contributed by atoms with Crippen molar-refractivity contribution >= 4 is 8.07 Å². The van der Waals surface area contributed by atoms with E-state index in [1.807, 2.05) is 24.3 Å². The third-order valence-corrected chi connectivity index (χ3v) is 6.35. The van der Waals surface area contributed by atoms with Gasteiger partial charge >= 0.3 is 0 Å². The Morgan fingerprint density at radius 2 is 1.81 bits per heavy atom. The van der Waals surface area contributed by atoms with Gasteiger partial charge in [-0.25, -0.2) is 0 Å². The molecule has 0 aliphatic heterocycles. The monoisotopic (exact) mass is 380 g/mol. The summed E-state index contributed by atoms with van der Waals surface area (Å²) in [4.78, 5) is 0. The van der Waals surface area contributed by atoms with Crippen LogP contribution in [0.4, 0.5) is 0 Å². The molecule has 26 heavy (non-hydrogen) atoms. The highest BCUT2D eigenvalue weighted by atomic mass is 28.3. The van der Waals surface area contributed by atoms with Gasteiger partial charge in [0.2, 0.25) is 0 Å². The lowest BCUT2D eigenvalue weighted by atomic mass is 9.75. The van der Waals surface area contributed by atoms with Crippen LogP contribution in [0.1, 0.15) is 5.56 Å². The first-order valence-corrected chi connectivity index (χ1v) is 12.8. The predicted octanol–water partition coefficient (Wildman–Crippen LogP) is 3.45. The van der Waals surface area contributed by atoms with Crippen LogP contribution in [-0.2, 0) is 20.8 Å². The van der Waals surface area contributed by atoms with Crippen molar-refractivity contribution in [3.05, 3.63) is 42.5 Å². The Bertz CT molecular complexity index is 554. The van der Waals surface area contributed by atoms with Gasteiger partial charge in [0.05, 0.1) is 25.9 Å². The molecule has 1 aromatic rings. The number of aliphatic hydroxyl groups is 1. The molecular weight excluding hydrogens is 348 g/mol. The quantitative estimate of drug-likeness (QED) is 0.276. The van der Waals surface area contributed by atoms with E-state index in [-0.39, 0.29) is 24.9 Å². The lowest BCUT2D eigenvalue weighted by Gasteiger charge is -2.46. The molecule has 1 saturated carbocycles. The molecule has 5 nitrogen and oxygen atoms in total. The first-order valence-electron chi connectivity index (χ1n) is 9.10. The standard InChI is InChI=1S/C20H32O5Si/c1-6-17-18(21)20(25-14-23-11-12-26(3,4)5)19(17)24-13-15-7-9-16(22-2)10-8-15/h6-10,17-21H,1,11-14H2,2-5H3/t17-,18+,19+,20+/m1/s1. The van der Waals surface area contributed by atoms with Gasteiger partial charge in [-0.05, 0) is 23.7 Å². The minimum absolute atomic E-state index is 0.125. The number of rotatable bonds is 11. The molecule has 0 heterocycles. The Morgan fingerprint density at radius 3 is 2.38 bits per heavy atom. The molecule has 1 aliphatic carbocycles. The predicted molar refractivity (Wildman–Crippen MR) is 105 cm³/mol. The molecule has 0 spiro atoms. The Kier molecular flexibility index (Phi) is 7.85. The minimum atomic E-state index is -1.11. The van der Waals surface area contributed by atoms with E-state index in [0.717, 1.165) is 17.4 Å². The first kappa shape index (κ1) is 21.1. The van der Waals surface area contributed by atoms with E-state index >= 15 is 0 Å². The average molecular weight is 381 g/mol. The van der Waals surface area contributed by atoms with Crippen LogP contribution in [0.5, 0.6) is 5.75 Å². The van der Waals surface area contributed by atoms with Crippen molar-refractivity contribution in [1.82, 2.24) is 0 Å². The fourth-order valence-electron chi connectivity index (χ4n) is 2.83. The molecule has 4 atom stereocenters. The van der Waals surface area contributed by atoms with Crippen LogP contribution >= 0.6 is 0 Å². The van der Waals surface area contributed by atoms with Gasteiger partial charge in [0.1, 0.15) is 18.6 Å². The van der Waals surface area contributed by atoms with Crippen LogP contribution in [-0.4, -0.2) is 52.0 Å². The van der Waals surface area contributed by atoms with E-state index in [1.165, 1.54) is 0 Å². The van der Waals surface area contributed by atoms with Gasteiger partial charge in [0, 0.05) is 20.6 Å². The largest absolute Gasteiger partial charge is 0.497 e. The lowest BCUT2D eigenvalue weighted by molar-refractivity contribution is -0.247. The molecule has 146 valence electrons. The highest BCUT2D eigenvalue weighted by Gasteiger charge is 2.50. The summed E-state index contributed by atoms with van der Waals surface area (Å²) in [5, 5.41) is 10.2. The molecule has 6 heteroatoms. The van der Waals surface area contributed by atoms with E-state index in [9.17, 15) is 5.11 Å². The van der Waals surface area contributed by atoms with Gasteiger partial charge in [0.15, 0.2) is 0 Å². The second kappa shape index (κ2) is 9.67. The number of ether oxygens (including phenoxy) is 4. The average Bonchev–Trinajstić information content (AvgIpc) is 2.61. The van der Waals surface area contributed by atoms with Crippen LogP contribution in [0.25, 0.3) is 0 Å². The highest BCUT2D eigenvalue weighted by Crippen LogP contribution is 2.35. The first-order chi connectivity index (χ1) is 12.4. The number of benzene rings is 1. The third kappa shape index (κ3) is 5.92. The zero-order chi connectivity index (χ0) is 19.2. The molecule has 0 bridgehead atoms. The molecule has 1 aromatic carbocycles. The summed E-state index contributed by atoms with van der Waals surface area (Å²) in [7, 11) is 0.536. The van der Waals surface area contributed by atoms with Crippen molar-refractivity contribution in [3.63, 3.8) is 0 Å². The molecule has 0 unspecified atom stereocenters. The van der Waals surface area contributed by atoms with Crippen molar-refractivity contribution in [3.8, 4) is 5.75 Å². The van der Waals surface area contributed by atoms with Crippen molar-refractivity contribution in [2.75, 3.05) is 20.5 Å². The third-order valence-electron chi connectivity index (χ3n) is 4.65. The topological polar surface area (TPSA) is 57.2 Å². The maximum atomic E-state index is 10.2. The highest BCUT2D eigenvalue weighted by molar-refractivity contribution is 6.76. The van der Waals surface area contributed by atoms with Crippen LogP contribution in [0, 0.1) is 5.92 Å². The van der Waals surface area contributed by atoms with Crippen LogP contribution < -0.4 is 4.74 Å². The normalized spacial score (nSPS) is 25.6. The van der Waals surface area contributed by atoms with E-state index in [0.29, 0.717) is 13.2 Å². The fourth-order valence-corrected chi connectivity index (χ4v) is 3.59. The van der Waals surface area contributed by atoms with E-state index in [2.05, 4.69) is 26.2 Å². The molecule has 1 aliphatic rings. The van der Waals surface area contributed by atoms with Crippen molar-refractivity contribution in [1.29, 1.82) is 0 Å². The smallest absolute Gasteiger partial charge is 0.147 e. The van der Waals surface area contributed by atoms with Crippen LogP contribution in [0.3, 0.4) is 0 Å². The van der Waals surface area contributed by atoms with Gasteiger partial charge in [-0.1, -0.05) is 37.8 Å². The summed E-state index contributed by atoms with van der Waals surface area (Å²) >= 11 is 0. The molecule has 2 rings (SSSR count). The summed E-state index contributed by atoms with van der Waals surface area (Å²) in [6.07, 6.45) is 0.525. The summed E-state index contributed by atoms with van der Waals surface area (Å²) in [6, 6.07) is 8.83. The summed E-state index contributed by atoms with van der Waals surface area (Å²) in [5.41, 5.74) is 1.04. The molecule has 1 fully saturated rings. The SMILES string of the molecule is C=C[C@@H]1[C@H](O)[C@H](OCOCC[Si](C)(C)C)[C@H]1OCc1ccc(OC)cc1.